The van der Waals surface area contributed by atoms with Crippen molar-refractivity contribution in [3.8, 4) is 0 Å². The quantitative estimate of drug-likeness (QED) is 0.644. The lowest BCUT2D eigenvalue weighted by Crippen LogP contribution is -2.22. The molecule has 0 bridgehead atoms. The normalized spacial score (nSPS) is 10.8. The van der Waals surface area contributed by atoms with Crippen molar-refractivity contribution in [2.24, 2.45) is 5.73 Å². The molecule has 0 saturated heterocycles. The molecule has 1 heterocycles. The Hall–Kier alpha value is -1.88. The molecule has 0 aliphatic heterocycles. The van der Waals surface area contributed by atoms with Crippen LogP contribution < -0.4 is 11.1 Å². The Balaban J connectivity index is 1.70. The van der Waals surface area contributed by atoms with Crippen molar-refractivity contribution < 1.29 is 4.79 Å². The molecule has 0 aliphatic rings. The zero-order chi connectivity index (χ0) is 14.2. The number of carbonyl (C=O) groups excluding carboxylic acids is 1. The van der Waals surface area contributed by atoms with Crippen molar-refractivity contribution >= 4 is 16.9 Å². The molecule has 1 aromatic carbocycles. The Morgan fingerprint density at radius 3 is 2.80 bits per heavy atom. The van der Waals surface area contributed by atoms with Gasteiger partial charge in [0.15, 0.2) is 0 Å². The van der Waals surface area contributed by atoms with E-state index in [9.17, 15) is 4.79 Å². The van der Waals surface area contributed by atoms with Crippen molar-refractivity contribution in [1.82, 2.24) is 15.3 Å². The average molecular weight is 274 g/mol. The van der Waals surface area contributed by atoms with Gasteiger partial charge < -0.3 is 16.0 Å². The minimum atomic E-state index is 0.0817. The van der Waals surface area contributed by atoms with Crippen LogP contribution in [-0.2, 0) is 11.3 Å². The summed E-state index contributed by atoms with van der Waals surface area (Å²) in [5.41, 5.74) is 7.35. The van der Waals surface area contributed by atoms with Crippen molar-refractivity contribution in [3.05, 3.63) is 30.1 Å². The summed E-state index contributed by atoms with van der Waals surface area (Å²) in [4.78, 5) is 19.3. The Morgan fingerprint density at radius 1 is 1.20 bits per heavy atom. The maximum atomic E-state index is 11.7. The third-order valence-electron chi connectivity index (χ3n) is 3.25. The Bertz CT molecular complexity index is 517. The number of H-pyrrole nitrogens is 1. The number of para-hydroxylation sites is 2. The van der Waals surface area contributed by atoms with Crippen LogP contribution in [0.15, 0.2) is 24.3 Å². The molecule has 2 aromatic rings. The van der Waals surface area contributed by atoms with Crippen molar-refractivity contribution in [3.63, 3.8) is 0 Å². The fraction of sp³-hybridized carbons (Fsp3) is 0.467. The number of aromatic amines is 1. The third kappa shape index (κ3) is 4.35. The molecule has 5 nitrogen and oxygen atoms in total. The first-order valence-corrected chi connectivity index (χ1v) is 7.20. The smallest absolute Gasteiger partial charge is 0.220 e. The van der Waals surface area contributed by atoms with E-state index in [4.69, 9.17) is 5.73 Å². The minimum absolute atomic E-state index is 0.0817. The van der Waals surface area contributed by atoms with Crippen molar-refractivity contribution in [2.45, 2.75) is 38.6 Å². The van der Waals surface area contributed by atoms with E-state index in [2.05, 4.69) is 15.3 Å². The second-order valence-corrected chi connectivity index (χ2v) is 4.93. The highest BCUT2D eigenvalue weighted by Crippen LogP contribution is 2.10. The maximum absolute atomic E-state index is 11.7. The van der Waals surface area contributed by atoms with Gasteiger partial charge in [-0.15, -0.1) is 0 Å². The summed E-state index contributed by atoms with van der Waals surface area (Å²) in [6, 6.07) is 7.84. The Morgan fingerprint density at radius 2 is 2.00 bits per heavy atom. The summed E-state index contributed by atoms with van der Waals surface area (Å²) < 4.78 is 0. The molecule has 20 heavy (non-hydrogen) atoms. The molecule has 1 aromatic heterocycles. The van der Waals surface area contributed by atoms with Crippen molar-refractivity contribution in [2.75, 3.05) is 6.54 Å². The molecule has 0 aliphatic carbocycles. The second kappa shape index (κ2) is 7.65. The lowest BCUT2D eigenvalue weighted by molar-refractivity contribution is -0.121. The Labute approximate surface area is 119 Å². The van der Waals surface area contributed by atoms with E-state index in [1.54, 1.807) is 0 Å². The van der Waals surface area contributed by atoms with Gasteiger partial charge in [0.1, 0.15) is 5.82 Å². The molecule has 5 heteroatoms. The first kappa shape index (κ1) is 14.5. The summed E-state index contributed by atoms with van der Waals surface area (Å²) in [6.07, 6.45) is 4.71. The zero-order valence-corrected chi connectivity index (χ0v) is 11.7. The number of rotatable bonds is 8. The van der Waals surface area contributed by atoms with Gasteiger partial charge in [-0.3, -0.25) is 4.79 Å². The molecule has 0 saturated carbocycles. The third-order valence-corrected chi connectivity index (χ3v) is 3.25. The first-order valence-electron chi connectivity index (χ1n) is 7.20. The topological polar surface area (TPSA) is 83.8 Å². The van der Waals surface area contributed by atoms with Crippen molar-refractivity contribution in [1.29, 1.82) is 0 Å². The lowest BCUT2D eigenvalue weighted by Gasteiger charge is -2.03. The van der Waals surface area contributed by atoms with Gasteiger partial charge in [0.05, 0.1) is 17.6 Å². The number of nitrogens with one attached hydrogen (secondary N) is 2. The molecule has 108 valence electrons. The fourth-order valence-electron chi connectivity index (χ4n) is 2.14. The summed E-state index contributed by atoms with van der Waals surface area (Å²) in [5.74, 6) is 0.876. The van der Waals surface area contributed by atoms with Gasteiger partial charge in [-0.1, -0.05) is 25.0 Å². The number of amides is 1. The van der Waals surface area contributed by atoms with Crippen LogP contribution >= 0.6 is 0 Å². The van der Waals surface area contributed by atoms with Crippen LogP contribution in [0, 0.1) is 0 Å². The van der Waals surface area contributed by atoms with Crippen LogP contribution in [0.2, 0.25) is 0 Å². The molecule has 2 rings (SSSR count). The standard InChI is InChI=1S/C15H22N4O/c16-10-6-2-1-3-9-15(20)17-11-14-18-12-7-4-5-8-13(12)19-14/h4-5,7-8H,1-3,6,9-11,16H2,(H,17,20)(H,18,19). The van der Waals surface area contributed by atoms with Gasteiger partial charge in [0, 0.05) is 6.42 Å². The highest BCUT2D eigenvalue weighted by atomic mass is 16.1. The number of carbonyl (C=O) groups is 1. The molecular formula is C15H22N4O. The molecule has 0 atom stereocenters. The molecule has 0 spiro atoms. The van der Waals surface area contributed by atoms with E-state index in [1.807, 2.05) is 24.3 Å². The van der Waals surface area contributed by atoms with E-state index in [0.717, 1.165) is 49.1 Å². The van der Waals surface area contributed by atoms with Gasteiger partial charge in [0.25, 0.3) is 0 Å². The molecule has 0 radical (unpaired) electrons. The molecule has 4 N–H and O–H groups in total. The van der Waals surface area contributed by atoms with Crippen LogP contribution in [0.3, 0.4) is 0 Å². The predicted octanol–water partition coefficient (Wildman–Crippen LogP) is 2.09. The number of benzene rings is 1. The summed E-state index contributed by atoms with van der Waals surface area (Å²) >= 11 is 0. The summed E-state index contributed by atoms with van der Waals surface area (Å²) in [7, 11) is 0. The van der Waals surface area contributed by atoms with E-state index in [-0.39, 0.29) is 5.91 Å². The molecule has 1 amide bonds. The largest absolute Gasteiger partial charge is 0.349 e. The minimum Gasteiger partial charge on any atom is -0.349 e. The molecule has 0 unspecified atom stereocenters. The SMILES string of the molecule is NCCCCCCC(=O)NCc1nc2ccccc2[nH]1. The summed E-state index contributed by atoms with van der Waals surface area (Å²) in [6.45, 7) is 1.19. The monoisotopic (exact) mass is 274 g/mol. The van der Waals surface area contributed by atoms with Crippen LogP contribution in [0.1, 0.15) is 37.9 Å². The number of imidazole rings is 1. The number of nitrogens with zero attached hydrogens (tertiary/aromatic N) is 1. The van der Waals surface area contributed by atoms with Gasteiger partial charge in [-0.2, -0.15) is 0 Å². The lowest BCUT2D eigenvalue weighted by atomic mass is 10.1. The maximum Gasteiger partial charge on any atom is 0.220 e. The summed E-state index contributed by atoms with van der Waals surface area (Å²) in [5, 5.41) is 2.89. The van der Waals surface area contributed by atoms with E-state index in [0.29, 0.717) is 13.0 Å². The molecule has 0 fully saturated rings. The number of unbranched alkanes of at least 4 members (excludes halogenated alkanes) is 3. The van der Waals surface area contributed by atoms with Crippen LogP contribution in [0.4, 0.5) is 0 Å². The van der Waals surface area contributed by atoms with Gasteiger partial charge in [-0.25, -0.2) is 4.98 Å². The van der Waals surface area contributed by atoms with E-state index >= 15 is 0 Å². The predicted molar refractivity (Wildman–Crippen MR) is 80.1 cm³/mol. The van der Waals surface area contributed by atoms with Crippen LogP contribution in [0.5, 0.6) is 0 Å². The van der Waals surface area contributed by atoms with Crippen LogP contribution in [-0.4, -0.2) is 22.4 Å². The van der Waals surface area contributed by atoms with Gasteiger partial charge >= 0.3 is 0 Å². The number of hydrogen-bond donors (Lipinski definition) is 3. The number of nitrogens with two attached hydrogens (primary N) is 1. The fourth-order valence-corrected chi connectivity index (χ4v) is 2.14. The van der Waals surface area contributed by atoms with Gasteiger partial charge in [0.2, 0.25) is 5.91 Å². The van der Waals surface area contributed by atoms with Crippen LogP contribution in [0.25, 0.3) is 11.0 Å². The Kier molecular flexibility index (Phi) is 5.55. The number of hydrogen-bond acceptors (Lipinski definition) is 3. The van der Waals surface area contributed by atoms with Gasteiger partial charge in [-0.05, 0) is 31.5 Å². The number of fused-ring (bicyclic) bond motifs is 1. The number of aromatic nitrogens is 2. The average Bonchev–Trinajstić information content (AvgIpc) is 2.88. The highest BCUT2D eigenvalue weighted by Gasteiger charge is 2.04. The zero-order valence-electron chi connectivity index (χ0n) is 11.7. The highest BCUT2D eigenvalue weighted by molar-refractivity contribution is 5.76. The first-order chi connectivity index (χ1) is 9.79. The van der Waals surface area contributed by atoms with E-state index < -0.39 is 0 Å². The second-order valence-electron chi connectivity index (χ2n) is 4.93. The van der Waals surface area contributed by atoms with E-state index in [1.165, 1.54) is 0 Å². The molecular weight excluding hydrogens is 252 g/mol.